The Morgan fingerprint density at radius 2 is 1.22 bits per heavy atom. The summed E-state index contributed by atoms with van der Waals surface area (Å²) in [4.78, 5) is 0. The zero-order valence-electron chi connectivity index (χ0n) is 20.5. The quantitative estimate of drug-likeness (QED) is 0.243. The molecule has 8 rings (SSSR count). The molecule has 0 N–H and O–H groups in total. The summed E-state index contributed by atoms with van der Waals surface area (Å²) in [5.74, 6) is 1.84. The van der Waals surface area contributed by atoms with Gasteiger partial charge in [0.05, 0.1) is 0 Å². The molecule has 1 atom stereocenters. The third-order valence-electron chi connectivity index (χ3n) is 8.34. The molecule has 0 bridgehead atoms. The van der Waals surface area contributed by atoms with E-state index in [1.165, 1.54) is 55.3 Å². The van der Waals surface area contributed by atoms with Crippen molar-refractivity contribution in [2.75, 3.05) is 0 Å². The summed E-state index contributed by atoms with van der Waals surface area (Å²) in [5, 5.41) is 2.40. The first kappa shape index (κ1) is 20.6. The Hall–Kier alpha value is -4.62. The molecule has 1 aliphatic heterocycles. The largest absolute Gasteiger partial charge is 0.456 e. The highest BCUT2D eigenvalue weighted by Gasteiger charge is 2.42. The van der Waals surface area contributed by atoms with Gasteiger partial charge in [0.15, 0.2) is 0 Å². The lowest BCUT2D eigenvalue weighted by Gasteiger charge is -2.30. The fourth-order valence-electron chi connectivity index (χ4n) is 6.65. The van der Waals surface area contributed by atoms with Gasteiger partial charge in [-0.15, -0.1) is 0 Å². The zero-order chi connectivity index (χ0) is 24.6. The number of ether oxygens (including phenoxy) is 1. The van der Waals surface area contributed by atoms with Gasteiger partial charge in [-0.25, -0.2) is 0 Å². The van der Waals surface area contributed by atoms with E-state index in [1.54, 1.807) is 0 Å². The van der Waals surface area contributed by atoms with E-state index in [0.717, 1.165) is 17.1 Å². The van der Waals surface area contributed by atoms with E-state index in [0.29, 0.717) is 0 Å². The average molecular weight is 473 g/mol. The molecule has 0 fully saturated rings. The summed E-state index contributed by atoms with van der Waals surface area (Å²) in [6.45, 7) is 2.38. The van der Waals surface area contributed by atoms with Crippen LogP contribution in [0.3, 0.4) is 0 Å². The van der Waals surface area contributed by atoms with Gasteiger partial charge in [-0.05, 0) is 75.0 Å². The highest BCUT2D eigenvalue weighted by Crippen LogP contribution is 2.56. The Morgan fingerprint density at radius 1 is 0.514 bits per heavy atom. The summed E-state index contributed by atoms with van der Waals surface area (Å²) in [7, 11) is 0. The monoisotopic (exact) mass is 472 g/mol. The van der Waals surface area contributed by atoms with Gasteiger partial charge in [-0.1, -0.05) is 109 Å². The number of hydrogen-bond acceptors (Lipinski definition) is 1. The van der Waals surface area contributed by atoms with Crippen molar-refractivity contribution >= 4 is 10.8 Å². The van der Waals surface area contributed by atoms with Crippen LogP contribution in [0.2, 0.25) is 0 Å². The summed E-state index contributed by atoms with van der Waals surface area (Å²) in [6.07, 6.45) is 0. The Kier molecular flexibility index (Phi) is 4.14. The number of fused-ring (bicyclic) bond motifs is 5. The van der Waals surface area contributed by atoms with Crippen molar-refractivity contribution in [1.29, 1.82) is 0 Å². The van der Waals surface area contributed by atoms with E-state index in [4.69, 9.17) is 4.74 Å². The number of hydrogen-bond donors (Lipinski definition) is 0. The maximum absolute atomic E-state index is 6.53. The molecule has 0 spiro atoms. The van der Waals surface area contributed by atoms with Gasteiger partial charge in [-0.3, -0.25) is 0 Å². The molecule has 174 valence electrons. The van der Waals surface area contributed by atoms with Crippen LogP contribution in [0.4, 0.5) is 0 Å². The predicted octanol–water partition coefficient (Wildman–Crippen LogP) is 9.61. The van der Waals surface area contributed by atoms with Crippen LogP contribution in [0, 0.1) is 0 Å². The highest BCUT2D eigenvalue weighted by atomic mass is 16.5. The van der Waals surface area contributed by atoms with E-state index < -0.39 is 0 Å². The molecule has 0 amide bonds. The van der Waals surface area contributed by atoms with Crippen molar-refractivity contribution in [2.45, 2.75) is 12.3 Å². The second kappa shape index (κ2) is 7.44. The summed E-state index contributed by atoms with van der Waals surface area (Å²) >= 11 is 0. The van der Waals surface area contributed by atoms with Crippen molar-refractivity contribution in [3.63, 3.8) is 0 Å². The Balaban J connectivity index is 1.37. The van der Waals surface area contributed by atoms with Crippen LogP contribution in [0.25, 0.3) is 44.2 Å². The first-order valence-electron chi connectivity index (χ1n) is 12.9. The Bertz CT molecular complexity index is 1860. The van der Waals surface area contributed by atoms with Crippen molar-refractivity contribution in [3.8, 4) is 44.9 Å². The highest BCUT2D eigenvalue weighted by molar-refractivity contribution is 6.04. The molecule has 1 heterocycles. The molecule has 0 radical (unpaired) electrons. The summed E-state index contributed by atoms with van der Waals surface area (Å²) in [6, 6.07) is 46.0. The molecular weight excluding hydrogens is 448 g/mol. The smallest absolute Gasteiger partial charge is 0.135 e. The molecule has 6 aromatic carbocycles. The van der Waals surface area contributed by atoms with Crippen molar-refractivity contribution < 1.29 is 4.74 Å². The second-order valence-corrected chi connectivity index (χ2v) is 10.2. The van der Waals surface area contributed by atoms with Crippen LogP contribution in [0.15, 0.2) is 127 Å². The lowest BCUT2D eigenvalue weighted by atomic mass is 9.72. The van der Waals surface area contributed by atoms with Gasteiger partial charge in [0.2, 0.25) is 0 Å². The molecule has 0 saturated carbocycles. The standard InChI is InChI=1S/C36H24O/c1-36(25-12-3-2-4-13-25)31-18-6-5-14-27(31)30-17-9-15-26(35(30)36)24-20-21-28-29-16-7-10-23-11-8-19-32(34(23)29)37-33(28)22-24/h2-22H,1H3. The van der Waals surface area contributed by atoms with Gasteiger partial charge >= 0.3 is 0 Å². The fourth-order valence-corrected chi connectivity index (χ4v) is 6.65. The SMILES string of the molecule is CC1(c2ccccc2)c2ccccc2-c2cccc(-c3ccc4c(c3)Oc3cccc5cccc-4c35)c21. The van der Waals surface area contributed by atoms with Crippen LogP contribution in [-0.4, -0.2) is 0 Å². The molecule has 0 saturated heterocycles. The van der Waals surface area contributed by atoms with E-state index in [-0.39, 0.29) is 5.41 Å². The zero-order valence-corrected chi connectivity index (χ0v) is 20.5. The number of benzene rings is 6. The van der Waals surface area contributed by atoms with Crippen LogP contribution in [0.1, 0.15) is 23.6 Å². The topological polar surface area (TPSA) is 9.23 Å². The Labute approximate surface area is 216 Å². The lowest BCUT2D eigenvalue weighted by Crippen LogP contribution is -2.23. The molecular formula is C36H24O. The minimum Gasteiger partial charge on any atom is -0.456 e. The minimum absolute atomic E-state index is 0.251. The predicted molar refractivity (Wildman–Crippen MR) is 152 cm³/mol. The minimum atomic E-state index is -0.251. The molecule has 1 unspecified atom stereocenters. The normalized spacial score (nSPS) is 16.6. The van der Waals surface area contributed by atoms with Gasteiger partial charge in [0.1, 0.15) is 11.5 Å². The van der Waals surface area contributed by atoms with Crippen LogP contribution in [0.5, 0.6) is 11.5 Å². The molecule has 1 aliphatic carbocycles. The third-order valence-corrected chi connectivity index (χ3v) is 8.34. The molecule has 0 aromatic heterocycles. The van der Waals surface area contributed by atoms with E-state index >= 15 is 0 Å². The van der Waals surface area contributed by atoms with Gasteiger partial charge in [-0.2, -0.15) is 0 Å². The van der Waals surface area contributed by atoms with Gasteiger partial charge in [0.25, 0.3) is 0 Å². The van der Waals surface area contributed by atoms with Crippen LogP contribution in [-0.2, 0) is 5.41 Å². The van der Waals surface area contributed by atoms with Crippen molar-refractivity contribution in [2.24, 2.45) is 0 Å². The van der Waals surface area contributed by atoms with E-state index in [1.807, 2.05) is 0 Å². The molecule has 2 aliphatic rings. The molecule has 1 nitrogen and oxygen atoms in total. The first-order valence-corrected chi connectivity index (χ1v) is 12.9. The average Bonchev–Trinajstić information content (AvgIpc) is 3.23. The maximum Gasteiger partial charge on any atom is 0.135 e. The molecule has 1 heteroatoms. The van der Waals surface area contributed by atoms with Crippen molar-refractivity contribution in [3.05, 3.63) is 144 Å². The summed E-state index contributed by atoms with van der Waals surface area (Å²) < 4.78 is 6.53. The second-order valence-electron chi connectivity index (χ2n) is 10.2. The van der Waals surface area contributed by atoms with E-state index in [9.17, 15) is 0 Å². The first-order chi connectivity index (χ1) is 18.2. The number of rotatable bonds is 2. The van der Waals surface area contributed by atoms with Crippen LogP contribution >= 0.6 is 0 Å². The van der Waals surface area contributed by atoms with Crippen LogP contribution < -0.4 is 4.74 Å². The lowest BCUT2D eigenvalue weighted by molar-refractivity contribution is 0.487. The Morgan fingerprint density at radius 3 is 2.11 bits per heavy atom. The summed E-state index contributed by atoms with van der Waals surface area (Å²) in [5.41, 5.74) is 11.2. The molecule has 6 aromatic rings. The van der Waals surface area contributed by atoms with Gasteiger partial charge < -0.3 is 4.74 Å². The molecule has 37 heavy (non-hydrogen) atoms. The maximum atomic E-state index is 6.53. The fraction of sp³-hybridized carbons (Fsp3) is 0.0556. The van der Waals surface area contributed by atoms with Crippen molar-refractivity contribution in [1.82, 2.24) is 0 Å². The van der Waals surface area contributed by atoms with E-state index in [2.05, 4.69) is 134 Å². The van der Waals surface area contributed by atoms with Gasteiger partial charge in [0, 0.05) is 16.4 Å². The third kappa shape index (κ3) is 2.74.